The van der Waals surface area contributed by atoms with Gasteiger partial charge in [0.2, 0.25) is 0 Å². The molecule has 23 heavy (non-hydrogen) atoms. The van der Waals surface area contributed by atoms with Crippen LogP contribution in [0.3, 0.4) is 0 Å². The maximum Gasteiger partial charge on any atom is 0.188 e. The number of hydrogen-bond donors (Lipinski definition) is 0. The quantitative estimate of drug-likeness (QED) is 0.712. The average Bonchev–Trinajstić information content (AvgIpc) is 3.33. The Morgan fingerprint density at radius 2 is 2.17 bits per heavy atom. The Morgan fingerprint density at radius 1 is 1.26 bits per heavy atom. The largest absolute Gasteiger partial charge is 0.293 e. The Hall–Kier alpha value is -2.19. The van der Waals surface area contributed by atoms with Crippen molar-refractivity contribution in [3.05, 3.63) is 42.2 Å². The van der Waals surface area contributed by atoms with Gasteiger partial charge < -0.3 is 0 Å². The topological polar surface area (TPSA) is 72.6 Å². The first-order valence-electron chi connectivity index (χ1n) is 7.67. The van der Waals surface area contributed by atoms with Crippen LogP contribution >= 0.6 is 11.3 Å². The van der Waals surface area contributed by atoms with Crippen molar-refractivity contribution in [1.82, 2.24) is 34.6 Å². The molecule has 4 heterocycles. The second kappa shape index (κ2) is 6.51. The molecule has 0 aromatic carbocycles. The minimum Gasteiger partial charge on any atom is -0.293 e. The van der Waals surface area contributed by atoms with Crippen molar-refractivity contribution in [1.29, 1.82) is 0 Å². The monoisotopic (exact) mass is 327 g/mol. The van der Waals surface area contributed by atoms with Crippen LogP contribution in [0, 0.1) is 0 Å². The fourth-order valence-corrected chi connectivity index (χ4v) is 3.71. The van der Waals surface area contributed by atoms with Gasteiger partial charge in [-0.2, -0.15) is 5.10 Å². The van der Waals surface area contributed by atoms with Crippen LogP contribution in [0.1, 0.15) is 18.5 Å². The van der Waals surface area contributed by atoms with Gasteiger partial charge in [-0.1, -0.05) is 0 Å². The van der Waals surface area contributed by atoms with Gasteiger partial charge in [0.05, 0.1) is 12.2 Å². The van der Waals surface area contributed by atoms with Gasteiger partial charge in [0.15, 0.2) is 10.8 Å². The number of rotatable bonds is 5. The van der Waals surface area contributed by atoms with Crippen molar-refractivity contribution in [2.24, 2.45) is 0 Å². The predicted molar refractivity (Wildman–Crippen MR) is 86.6 cm³/mol. The second-order valence-corrected chi connectivity index (χ2v) is 6.46. The summed E-state index contributed by atoms with van der Waals surface area (Å²) in [6, 6.07) is 2.31. The summed E-state index contributed by atoms with van der Waals surface area (Å²) in [5.74, 6) is 0.698. The van der Waals surface area contributed by atoms with Gasteiger partial charge in [0.1, 0.15) is 12.7 Å². The summed E-state index contributed by atoms with van der Waals surface area (Å²) in [5, 5.41) is 7.20. The zero-order valence-corrected chi connectivity index (χ0v) is 13.4. The molecule has 8 heteroatoms. The van der Waals surface area contributed by atoms with Crippen molar-refractivity contribution in [3.63, 3.8) is 0 Å². The molecule has 7 nitrogen and oxygen atoms in total. The maximum absolute atomic E-state index is 4.69. The molecule has 1 aliphatic rings. The average molecular weight is 327 g/mol. The van der Waals surface area contributed by atoms with E-state index in [0.717, 1.165) is 30.3 Å². The fourth-order valence-electron chi connectivity index (χ4n) is 2.95. The summed E-state index contributed by atoms with van der Waals surface area (Å²) >= 11 is 1.60. The molecule has 0 saturated carbocycles. The van der Waals surface area contributed by atoms with Gasteiger partial charge >= 0.3 is 0 Å². The van der Waals surface area contributed by atoms with Crippen molar-refractivity contribution < 1.29 is 0 Å². The first-order valence-corrected chi connectivity index (χ1v) is 8.55. The number of nitrogens with zero attached hydrogens (tertiary/aromatic N) is 7. The molecule has 1 aliphatic heterocycles. The van der Waals surface area contributed by atoms with Gasteiger partial charge in [-0.25, -0.2) is 19.9 Å². The first kappa shape index (κ1) is 14.4. The molecule has 0 bridgehead atoms. The van der Waals surface area contributed by atoms with Gasteiger partial charge in [-0.15, -0.1) is 11.3 Å². The molecule has 1 saturated heterocycles. The number of hydrogen-bond acceptors (Lipinski definition) is 7. The highest BCUT2D eigenvalue weighted by molar-refractivity contribution is 7.13. The van der Waals surface area contributed by atoms with Crippen LogP contribution in [-0.2, 0) is 13.1 Å². The molecule has 0 N–H and O–H groups in total. The van der Waals surface area contributed by atoms with Crippen LogP contribution in [0.25, 0.3) is 10.8 Å². The molecule has 118 valence electrons. The molecule has 1 fully saturated rings. The number of aromatic nitrogens is 6. The molecule has 1 atom stereocenters. The van der Waals surface area contributed by atoms with Crippen molar-refractivity contribution in [2.45, 2.75) is 32.0 Å². The third-order valence-corrected chi connectivity index (χ3v) is 4.92. The number of thiazole rings is 1. The Bertz CT molecular complexity index is 740. The number of likely N-dealkylation sites (tertiary alicyclic amines) is 1. The van der Waals surface area contributed by atoms with Crippen molar-refractivity contribution in [3.8, 4) is 10.8 Å². The highest BCUT2D eigenvalue weighted by Crippen LogP contribution is 2.24. The van der Waals surface area contributed by atoms with E-state index in [-0.39, 0.29) is 0 Å². The molecule has 3 aromatic rings. The summed E-state index contributed by atoms with van der Waals surface area (Å²) in [6.45, 7) is 2.86. The molecule has 1 unspecified atom stereocenters. The van der Waals surface area contributed by atoms with Crippen LogP contribution in [0.2, 0.25) is 0 Å². The molecule has 4 rings (SSSR count). The molecule has 0 amide bonds. The molecular weight excluding hydrogens is 310 g/mol. The van der Waals surface area contributed by atoms with E-state index in [0.29, 0.717) is 11.9 Å². The zero-order valence-electron chi connectivity index (χ0n) is 12.6. The van der Waals surface area contributed by atoms with Gasteiger partial charge in [0, 0.05) is 30.4 Å². The van der Waals surface area contributed by atoms with E-state index in [4.69, 9.17) is 4.98 Å². The summed E-state index contributed by atoms with van der Waals surface area (Å²) in [5.41, 5.74) is 1.09. The van der Waals surface area contributed by atoms with Crippen LogP contribution in [0.4, 0.5) is 0 Å². The predicted octanol–water partition coefficient (Wildman–Crippen LogP) is 1.86. The molecule has 3 aromatic heterocycles. The summed E-state index contributed by atoms with van der Waals surface area (Å²) < 4.78 is 1.91. The van der Waals surface area contributed by atoms with E-state index in [1.165, 1.54) is 12.8 Å². The van der Waals surface area contributed by atoms with Crippen LogP contribution in [0.5, 0.6) is 0 Å². The molecular formula is C15H17N7S. The van der Waals surface area contributed by atoms with E-state index in [9.17, 15) is 0 Å². The minimum atomic E-state index is 0.495. The highest BCUT2D eigenvalue weighted by Gasteiger charge is 2.25. The molecule has 0 spiro atoms. The lowest BCUT2D eigenvalue weighted by molar-refractivity contribution is 0.217. The van der Waals surface area contributed by atoms with E-state index in [2.05, 4.69) is 30.3 Å². The van der Waals surface area contributed by atoms with Gasteiger partial charge in [-0.3, -0.25) is 9.58 Å². The SMILES string of the molecule is c1cnc(-c2nc(CN3CCCC3Cn3cncn3)cs2)nc1. The summed E-state index contributed by atoms with van der Waals surface area (Å²) in [7, 11) is 0. The van der Waals surface area contributed by atoms with Crippen LogP contribution in [0.15, 0.2) is 36.5 Å². The van der Waals surface area contributed by atoms with Crippen molar-refractivity contribution in [2.75, 3.05) is 6.54 Å². The maximum atomic E-state index is 4.69. The summed E-state index contributed by atoms with van der Waals surface area (Å²) in [6.07, 6.45) is 9.28. The van der Waals surface area contributed by atoms with Crippen LogP contribution < -0.4 is 0 Å². The fraction of sp³-hybridized carbons (Fsp3) is 0.400. The van der Waals surface area contributed by atoms with Crippen molar-refractivity contribution >= 4 is 11.3 Å². The van der Waals surface area contributed by atoms with E-state index >= 15 is 0 Å². The zero-order chi connectivity index (χ0) is 15.5. The van der Waals surface area contributed by atoms with E-state index < -0.39 is 0 Å². The lowest BCUT2D eigenvalue weighted by Crippen LogP contribution is -2.32. The standard InChI is InChI=1S/C15H17N7S/c1-3-13(8-22-11-16-10-19-22)21(6-1)7-12-9-23-15(20-12)14-17-4-2-5-18-14/h2,4-5,9-11,13H,1,3,6-8H2. The second-order valence-electron chi connectivity index (χ2n) is 5.60. The molecule has 0 radical (unpaired) electrons. The first-order chi connectivity index (χ1) is 11.4. The highest BCUT2D eigenvalue weighted by atomic mass is 32.1. The lowest BCUT2D eigenvalue weighted by Gasteiger charge is -2.23. The Kier molecular flexibility index (Phi) is 4.08. The summed E-state index contributed by atoms with van der Waals surface area (Å²) in [4.78, 5) is 19.7. The minimum absolute atomic E-state index is 0.495. The van der Waals surface area contributed by atoms with Gasteiger partial charge in [0.25, 0.3) is 0 Å². The smallest absolute Gasteiger partial charge is 0.188 e. The normalized spacial score (nSPS) is 18.5. The van der Waals surface area contributed by atoms with Gasteiger partial charge in [-0.05, 0) is 25.5 Å². The third-order valence-electron chi connectivity index (χ3n) is 4.04. The van der Waals surface area contributed by atoms with Crippen LogP contribution in [-0.4, -0.2) is 47.2 Å². The Labute approximate surface area is 138 Å². The lowest BCUT2D eigenvalue weighted by atomic mass is 10.2. The Balaban J connectivity index is 1.44. The molecule has 0 aliphatic carbocycles. The Morgan fingerprint density at radius 3 is 3.00 bits per heavy atom. The third kappa shape index (κ3) is 3.27. The van der Waals surface area contributed by atoms with E-state index in [1.54, 1.807) is 36.4 Å². The van der Waals surface area contributed by atoms with E-state index in [1.807, 2.05) is 10.7 Å².